The van der Waals surface area contributed by atoms with Crippen molar-refractivity contribution in [1.29, 1.82) is 0 Å². The number of methoxy groups -OCH3 is 2. The van der Waals surface area contributed by atoms with Gasteiger partial charge >= 0.3 is 0 Å². The van der Waals surface area contributed by atoms with Gasteiger partial charge in [-0.3, -0.25) is 0 Å². The molecule has 1 aromatic carbocycles. The molecule has 2 rings (SSSR count). The lowest BCUT2D eigenvalue weighted by molar-refractivity contribution is 0.354. The van der Waals surface area contributed by atoms with Crippen molar-refractivity contribution in [2.45, 2.75) is 64.8 Å². The highest BCUT2D eigenvalue weighted by Crippen LogP contribution is 2.28. The minimum Gasteiger partial charge on any atom is -0.493 e. The number of nitrogens with one attached hydrogen (secondary N) is 1. The fourth-order valence-electron chi connectivity index (χ4n) is 2.72. The second-order valence-electron chi connectivity index (χ2n) is 5.89. The van der Waals surface area contributed by atoms with E-state index in [0.29, 0.717) is 6.04 Å². The average Bonchev–Trinajstić information content (AvgIpc) is 3.06. The van der Waals surface area contributed by atoms with Crippen LogP contribution in [0.3, 0.4) is 0 Å². The topological polar surface area (TPSA) is 30.5 Å². The lowest BCUT2D eigenvalue weighted by Gasteiger charge is -2.13. The third-order valence-corrected chi connectivity index (χ3v) is 4.05. The minimum absolute atomic E-state index is 0.623. The van der Waals surface area contributed by atoms with E-state index in [-0.39, 0.29) is 0 Å². The van der Waals surface area contributed by atoms with E-state index >= 15 is 0 Å². The Morgan fingerprint density at radius 3 is 2.23 bits per heavy atom. The first-order valence-electron chi connectivity index (χ1n) is 8.69. The van der Waals surface area contributed by atoms with E-state index in [0.717, 1.165) is 24.5 Å². The van der Waals surface area contributed by atoms with Gasteiger partial charge in [-0.05, 0) is 43.5 Å². The molecule has 1 aliphatic heterocycles. The van der Waals surface area contributed by atoms with Gasteiger partial charge in [0, 0.05) is 6.04 Å². The van der Waals surface area contributed by atoms with Crippen molar-refractivity contribution in [2.24, 2.45) is 0 Å². The highest BCUT2D eigenvalue weighted by atomic mass is 16.5. The first-order valence-corrected chi connectivity index (χ1v) is 8.69. The van der Waals surface area contributed by atoms with Crippen LogP contribution in [0.25, 0.3) is 0 Å². The van der Waals surface area contributed by atoms with E-state index < -0.39 is 0 Å². The van der Waals surface area contributed by atoms with Crippen LogP contribution in [-0.2, 0) is 6.42 Å². The largest absolute Gasteiger partial charge is 0.493 e. The molecule has 0 aromatic heterocycles. The zero-order valence-electron chi connectivity index (χ0n) is 14.8. The van der Waals surface area contributed by atoms with E-state index in [1.54, 1.807) is 14.2 Å². The Morgan fingerprint density at radius 1 is 1.05 bits per heavy atom. The number of rotatable bonds is 7. The summed E-state index contributed by atoms with van der Waals surface area (Å²) < 4.78 is 10.5. The molecule has 1 saturated heterocycles. The van der Waals surface area contributed by atoms with Crippen molar-refractivity contribution in [1.82, 2.24) is 5.32 Å². The summed E-state index contributed by atoms with van der Waals surface area (Å²) in [6.07, 6.45) is 9.17. The molecular formula is C19H33NO2. The zero-order valence-corrected chi connectivity index (χ0v) is 14.8. The minimum atomic E-state index is 0.623. The van der Waals surface area contributed by atoms with Crippen LogP contribution in [0.15, 0.2) is 18.2 Å². The van der Waals surface area contributed by atoms with E-state index in [1.807, 2.05) is 6.07 Å². The molecule has 3 heteroatoms. The van der Waals surface area contributed by atoms with Crippen molar-refractivity contribution in [3.63, 3.8) is 0 Å². The second kappa shape index (κ2) is 11.4. The molecule has 0 radical (unpaired) electrons. The number of ether oxygens (including phenoxy) is 2. The second-order valence-corrected chi connectivity index (χ2v) is 5.89. The summed E-state index contributed by atoms with van der Waals surface area (Å²) >= 11 is 0. The molecule has 1 unspecified atom stereocenters. The number of benzene rings is 1. The summed E-state index contributed by atoms with van der Waals surface area (Å²) in [7, 11) is 3.34. The van der Waals surface area contributed by atoms with Crippen molar-refractivity contribution >= 4 is 0 Å². The molecule has 0 saturated carbocycles. The van der Waals surface area contributed by atoms with Crippen molar-refractivity contribution in [3.8, 4) is 11.5 Å². The van der Waals surface area contributed by atoms with Gasteiger partial charge in [-0.15, -0.1) is 0 Å². The molecule has 1 fully saturated rings. The Kier molecular flexibility index (Phi) is 9.72. The zero-order chi connectivity index (χ0) is 16.2. The normalized spacial score (nSPS) is 16.8. The van der Waals surface area contributed by atoms with Crippen LogP contribution in [0.2, 0.25) is 0 Å². The van der Waals surface area contributed by atoms with Crippen LogP contribution in [0.5, 0.6) is 11.5 Å². The van der Waals surface area contributed by atoms with Crippen LogP contribution in [0, 0.1) is 0 Å². The number of hydrogen-bond acceptors (Lipinski definition) is 3. The fourth-order valence-corrected chi connectivity index (χ4v) is 2.72. The molecule has 1 heterocycles. The third-order valence-electron chi connectivity index (χ3n) is 4.05. The molecular weight excluding hydrogens is 274 g/mol. The van der Waals surface area contributed by atoms with Crippen molar-refractivity contribution < 1.29 is 9.47 Å². The molecule has 0 aliphatic carbocycles. The number of unbranched alkanes of at least 4 members (excludes halogenated alkanes) is 3. The highest BCUT2D eigenvalue weighted by molar-refractivity contribution is 5.43. The number of hydrogen-bond donors (Lipinski definition) is 1. The quantitative estimate of drug-likeness (QED) is 0.748. The lowest BCUT2D eigenvalue weighted by atomic mass is 10.0. The first-order chi connectivity index (χ1) is 10.7. The first kappa shape index (κ1) is 18.8. The van der Waals surface area contributed by atoms with Crippen LogP contribution in [0.4, 0.5) is 0 Å². The van der Waals surface area contributed by atoms with Gasteiger partial charge in [-0.1, -0.05) is 45.6 Å². The van der Waals surface area contributed by atoms with E-state index in [1.165, 1.54) is 44.1 Å². The summed E-state index contributed by atoms with van der Waals surface area (Å²) in [6, 6.07) is 6.78. The molecule has 0 amide bonds. The average molecular weight is 307 g/mol. The maximum absolute atomic E-state index is 5.30. The summed E-state index contributed by atoms with van der Waals surface area (Å²) in [5.74, 6) is 1.61. The maximum Gasteiger partial charge on any atom is 0.160 e. The van der Waals surface area contributed by atoms with Gasteiger partial charge in [0.2, 0.25) is 0 Å². The smallest absolute Gasteiger partial charge is 0.160 e. The van der Waals surface area contributed by atoms with Crippen LogP contribution >= 0.6 is 0 Å². The van der Waals surface area contributed by atoms with Gasteiger partial charge in [0.05, 0.1) is 14.2 Å². The SMILES string of the molecule is CCCCCC.COc1ccc(CC2CCCN2)cc1OC. The van der Waals surface area contributed by atoms with Gasteiger partial charge in [0.15, 0.2) is 11.5 Å². The van der Waals surface area contributed by atoms with Gasteiger partial charge in [0.25, 0.3) is 0 Å². The van der Waals surface area contributed by atoms with Crippen LogP contribution in [-0.4, -0.2) is 26.8 Å². The Morgan fingerprint density at radius 2 is 1.73 bits per heavy atom. The molecule has 1 atom stereocenters. The molecule has 1 N–H and O–H groups in total. The third kappa shape index (κ3) is 6.69. The summed E-state index contributed by atoms with van der Waals surface area (Å²) in [4.78, 5) is 0. The lowest BCUT2D eigenvalue weighted by Crippen LogP contribution is -2.23. The van der Waals surface area contributed by atoms with Gasteiger partial charge < -0.3 is 14.8 Å². The fraction of sp³-hybridized carbons (Fsp3) is 0.684. The Bertz CT molecular complexity index is 396. The van der Waals surface area contributed by atoms with Gasteiger partial charge in [-0.25, -0.2) is 0 Å². The van der Waals surface area contributed by atoms with E-state index in [2.05, 4.69) is 31.3 Å². The summed E-state index contributed by atoms with van der Waals surface area (Å²) in [6.45, 7) is 5.61. The van der Waals surface area contributed by atoms with Gasteiger partial charge in [0.1, 0.15) is 0 Å². The highest BCUT2D eigenvalue weighted by Gasteiger charge is 2.15. The van der Waals surface area contributed by atoms with Crippen molar-refractivity contribution in [2.75, 3.05) is 20.8 Å². The predicted octanol–water partition coefficient (Wildman–Crippen LogP) is 4.58. The molecule has 3 nitrogen and oxygen atoms in total. The van der Waals surface area contributed by atoms with Crippen molar-refractivity contribution in [3.05, 3.63) is 23.8 Å². The Balaban J connectivity index is 0.000000346. The molecule has 1 aliphatic rings. The van der Waals surface area contributed by atoms with E-state index in [4.69, 9.17) is 9.47 Å². The Labute approximate surface area is 136 Å². The Hall–Kier alpha value is -1.22. The summed E-state index contributed by atoms with van der Waals surface area (Å²) in [5, 5.41) is 3.50. The molecule has 0 spiro atoms. The van der Waals surface area contributed by atoms with Crippen LogP contribution in [0.1, 0.15) is 57.9 Å². The van der Waals surface area contributed by atoms with Crippen LogP contribution < -0.4 is 14.8 Å². The van der Waals surface area contributed by atoms with E-state index in [9.17, 15) is 0 Å². The predicted molar refractivity (Wildman–Crippen MR) is 94.1 cm³/mol. The molecule has 22 heavy (non-hydrogen) atoms. The molecule has 1 aromatic rings. The van der Waals surface area contributed by atoms with Gasteiger partial charge in [-0.2, -0.15) is 0 Å². The standard InChI is InChI=1S/C13H19NO2.C6H14/c1-15-12-6-5-10(9-13(12)16-2)8-11-4-3-7-14-11;1-3-5-6-4-2/h5-6,9,11,14H,3-4,7-8H2,1-2H3;3-6H2,1-2H3. The maximum atomic E-state index is 5.30. The molecule has 126 valence electrons. The molecule has 0 bridgehead atoms. The monoisotopic (exact) mass is 307 g/mol. The summed E-state index contributed by atoms with van der Waals surface area (Å²) in [5.41, 5.74) is 1.30.